The zero-order valence-corrected chi connectivity index (χ0v) is 13.1. The van der Waals surface area contributed by atoms with Gasteiger partial charge in [0.25, 0.3) is 5.91 Å². The molecule has 0 bridgehead atoms. The van der Waals surface area contributed by atoms with Crippen molar-refractivity contribution >= 4 is 16.7 Å². The molecule has 1 saturated heterocycles. The lowest BCUT2D eigenvalue weighted by Gasteiger charge is -2.43. The molecule has 1 aliphatic carbocycles. The van der Waals surface area contributed by atoms with Crippen molar-refractivity contribution in [2.45, 2.75) is 37.6 Å². The highest BCUT2D eigenvalue weighted by Crippen LogP contribution is 2.45. The number of carbonyl (C=O) groups is 1. The Kier molecular flexibility index (Phi) is 4.26. The monoisotopic (exact) mass is 327 g/mol. The first-order valence-electron chi connectivity index (χ1n) is 7.43. The largest absolute Gasteiger partial charge is 0.360 e. The second-order valence-electron chi connectivity index (χ2n) is 5.79. The van der Waals surface area contributed by atoms with Gasteiger partial charge in [-0.25, -0.2) is 4.31 Å². The number of rotatable bonds is 5. The molecule has 2 aliphatic rings. The molecular weight excluding hydrogens is 306 g/mol. The minimum absolute atomic E-state index is 0.00448. The van der Waals surface area contributed by atoms with Crippen LogP contribution in [-0.4, -0.2) is 43.6 Å². The van der Waals surface area contributed by atoms with E-state index in [1.165, 1.54) is 5.41 Å². The van der Waals surface area contributed by atoms with Gasteiger partial charge in [0.05, 0.1) is 0 Å². The van der Waals surface area contributed by atoms with Gasteiger partial charge in [0.2, 0.25) is 0 Å². The third kappa shape index (κ3) is 3.35. The molecule has 22 heavy (non-hydrogen) atoms. The quantitative estimate of drug-likeness (QED) is 0.769. The van der Waals surface area contributed by atoms with Crippen molar-refractivity contribution < 1.29 is 18.4 Å². The molecule has 1 amide bonds. The van der Waals surface area contributed by atoms with Gasteiger partial charge >= 0.3 is 0 Å². The molecule has 0 aromatic carbocycles. The third-order valence-electron chi connectivity index (χ3n) is 4.13. The molecule has 0 atom stereocenters. The zero-order valence-electron chi connectivity index (χ0n) is 12.3. The van der Waals surface area contributed by atoms with E-state index in [-0.39, 0.29) is 11.9 Å². The average Bonchev–Trinajstić information content (AvgIpc) is 3.25. The highest BCUT2D eigenvalue weighted by atomic mass is 32.3. The van der Waals surface area contributed by atoms with Gasteiger partial charge in [-0.3, -0.25) is 13.9 Å². The van der Waals surface area contributed by atoms with Crippen LogP contribution in [0.15, 0.2) is 22.6 Å². The number of piperidine rings is 1. The van der Waals surface area contributed by atoms with Crippen LogP contribution in [0.25, 0.3) is 0 Å². The summed E-state index contributed by atoms with van der Waals surface area (Å²) in [6.45, 7) is 4.45. The number of nitrogens with zero attached hydrogens (tertiary/aromatic N) is 2. The number of nitrogens with one attached hydrogen (secondary N) is 1. The third-order valence-corrected chi connectivity index (χ3v) is 5.71. The van der Waals surface area contributed by atoms with Gasteiger partial charge in [0, 0.05) is 36.5 Å². The summed E-state index contributed by atoms with van der Waals surface area (Å²) in [4.78, 5) is 12.1. The van der Waals surface area contributed by atoms with E-state index in [9.17, 15) is 13.9 Å². The van der Waals surface area contributed by atoms with Crippen LogP contribution in [0, 0.1) is 0 Å². The molecule has 3 N–H and O–H groups in total. The maximum Gasteiger partial charge on any atom is 0.273 e. The van der Waals surface area contributed by atoms with Crippen LogP contribution in [-0.2, 0) is 0 Å². The van der Waals surface area contributed by atoms with Crippen LogP contribution in [0.4, 0.5) is 0 Å². The topological polar surface area (TPSA) is 98.8 Å². The van der Waals surface area contributed by atoms with E-state index < -0.39 is 10.8 Å². The fourth-order valence-corrected chi connectivity index (χ4v) is 3.55. The lowest BCUT2D eigenvalue weighted by Crippen LogP contribution is -2.45. The number of aromatic nitrogens is 1. The van der Waals surface area contributed by atoms with E-state index >= 15 is 0 Å². The molecule has 3 rings (SSSR count). The normalized spacial score (nSPS) is 21.5. The van der Waals surface area contributed by atoms with Crippen LogP contribution < -0.4 is 5.32 Å². The van der Waals surface area contributed by atoms with E-state index in [1.807, 2.05) is 0 Å². The Morgan fingerprint density at radius 1 is 1.41 bits per heavy atom. The minimum atomic E-state index is -2.87. The highest BCUT2D eigenvalue weighted by molar-refractivity contribution is 8.24. The van der Waals surface area contributed by atoms with Crippen LogP contribution in [0.1, 0.15) is 47.8 Å². The van der Waals surface area contributed by atoms with Crippen molar-refractivity contribution in [2.75, 3.05) is 13.1 Å². The summed E-state index contributed by atoms with van der Waals surface area (Å²) >= 11 is 0. The summed E-state index contributed by atoms with van der Waals surface area (Å²) in [5.41, 5.74) is 0.319. The van der Waals surface area contributed by atoms with Gasteiger partial charge in [-0.05, 0) is 25.7 Å². The smallest absolute Gasteiger partial charge is 0.273 e. The molecule has 2 heterocycles. The first kappa shape index (κ1) is 15.5. The summed E-state index contributed by atoms with van der Waals surface area (Å²) in [7, 11) is -2.87. The molecule has 1 aliphatic heterocycles. The highest BCUT2D eigenvalue weighted by Gasteiger charge is 2.30. The van der Waals surface area contributed by atoms with E-state index in [1.54, 1.807) is 10.4 Å². The maximum atomic E-state index is 12.1. The molecule has 0 unspecified atom stereocenters. The van der Waals surface area contributed by atoms with E-state index in [0.29, 0.717) is 37.5 Å². The van der Waals surface area contributed by atoms with Crippen molar-refractivity contribution in [1.82, 2.24) is 14.8 Å². The Morgan fingerprint density at radius 3 is 2.68 bits per heavy atom. The predicted octanol–water partition coefficient (Wildman–Crippen LogP) is 2.56. The van der Waals surface area contributed by atoms with Gasteiger partial charge in [-0.1, -0.05) is 11.7 Å². The number of carbonyl (C=O) groups excluding carboxylic acids is 1. The zero-order chi connectivity index (χ0) is 15.7. The summed E-state index contributed by atoms with van der Waals surface area (Å²) in [6, 6.07) is 1.72. The van der Waals surface area contributed by atoms with Crippen molar-refractivity contribution in [2.24, 2.45) is 0 Å². The Morgan fingerprint density at radius 2 is 2.09 bits per heavy atom. The first-order valence-corrected chi connectivity index (χ1v) is 8.99. The Balaban J connectivity index is 1.51. The van der Waals surface area contributed by atoms with Gasteiger partial charge in [-0.2, -0.15) is 0 Å². The Labute approximate surface area is 130 Å². The van der Waals surface area contributed by atoms with E-state index in [2.05, 4.69) is 17.1 Å². The summed E-state index contributed by atoms with van der Waals surface area (Å²) < 4.78 is 26.4. The van der Waals surface area contributed by atoms with Crippen molar-refractivity contribution in [3.8, 4) is 0 Å². The molecule has 2 fully saturated rings. The lowest BCUT2D eigenvalue weighted by atomic mass is 10.1. The summed E-state index contributed by atoms with van der Waals surface area (Å²) in [6.07, 6.45) is 3.51. The lowest BCUT2D eigenvalue weighted by molar-refractivity contribution is 0.0914. The van der Waals surface area contributed by atoms with Gasteiger partial charge < -0.3 is 9.84 Å². The fraction of sp³-hybridized carbons (Fsp3) is 0.571. The number of hydrogen-bond donors (Lipinski definition) is 3. The first-order chi connectivity index (χ1) is 10.5. The maximum absolute atomic E-state index is 12.1. The second-order valence-corrected chi connectivity index (χ2v) is 7.77. The van der Waals surface area contributed by atoms with Gasteiger partial charge in [-0.15, -0.1) is 10.8 Å². The SMILES string of the molecule is C=CS(O)(O)N1CCC(NC(=O)c2cc(C3CC3)on2)CC1. The summed E-state index contributed by atoms with van der Waals surface area (Å²) in [5, 5.41) is 7.93. The molecule has 122 valence electrons. The fourth-order valence-electron chi connectivity index (χ4n) is 2.59. The van der Waals surface area contributed by atoms with Crippen LogP contribution in [0.5, 0.6) is 0 Å². The second kappa shape index (κ2) is 6.04. The average molecular weight is 327 g/mol. The van der Waals surface area contributed by atoms with E-state index in [0.717, 1.165) is 18.6 Å². The molecule has 0 radical (unpaired) electrons. The molecule has 1 aromatic heterocycles. The van der Waals surface area contributed by atoms with E-state index in [4.69, 9.17) is 4.52 Å². The minimum Gasteiger partial charge on any atom is -0.360 e. The van der Waals surface area contributed by atoms with Crippen LogP contribution >= 0.6 is 10.8 Å². The Bertz CT molecular complexity index is 562. The molecule has 7 nitrogen and oxygen atoms in total. The standard InChI is InChI=1S/C14H21N3O4S/c1-2-22(19,20)17-7-5-11(6-8-17)15-14(18)12-9-13(21-16-12)10-3-4-10/h2,9-11,19-20H,1,3-8H2,(H,15,18). The summed E-state index contributed by atoms with van der Waals surface area (Å²) in [5.74, 6) is 0.991. The number of hydrogen-bond acceptors (Lipinski definition) is 6. The van der Waals surface area contributed by atoms with Crippen LogP contribution in [0.2, 0.25) is 0 Å². The van der Waals surface area contributed by atoms with Crippen molar-refractivity contribution in [3.05, 3.63) is 29.5 Å². The molecule has 0 spiro atoms. The van der Waals surface area contributed by atoms with Crippen molar-refractivity contribution in [3.63, 3.8) is 0 Å². The van der Waals surface area contributed by atoms with Crippen LogP contribution in [0.3, 0.4) is 0 Å². The molecule has 1 aromatic rings. The van der Waals surface area contributed by atoms with Gasteiger partial charge in [0.15, 0.2) is 5.69 Å². The number of amides is 1. The van der Waals surface area contributed by atoms with Crippen molar-refractivity contribution in [1.29, 1.82) is 0 Å². The molecular formula is C14H21N3O4S. The Hall–Kier alpha value is -1.35. The van der Waals surface area contributed by atoms with Gasteiger partial charge in [0.1, 0.15) is 5.76 Å². The molecule has 1 saturated carbocycles. The molecule has 8 heteroatoms. The predicted molar refractivity (Wildman–Crippen MR) is 83.6 cm³/mol.